The summed E-state index contributed by atoms with van der Waals surface area (Å²) >= 11 is 0. The van der Waals surface area contributed by atoms with Crippen LogP contribution in [0.4, 0.5) is 19.1 Å². The lowest BCUT2D eigenvalue weighted by Crippen LogP contribution is -2.36. The molecule has 0 amide bonds. The third-order valence-corrected chi connectivity index (χ3v) is 6.41. The van der Waals surface area contributed by atoms with E-state index in [1.807, 2.05) is 12.1 Å². The summed E-state index contributed by atoms with van der Waals surface area (Å²) in [5, 5.41) is 6.79. The summed E-state index contributed by atoms with van der Waals surface area (Å²) in [5.41, 5.74) is 4.05. The molecule has 4 aromatic rings. The number of fused-ring (bicyclic) bond motifs is 5. The number of hydrogen-bond acceptors (Lipinski definition) is 5. The van der Waals surface area contributed by atoms with E-state index in [0.717, 1.165) is 65.4 Å². The lowest BCUT2D eigenvalue weighted by atomic mass is 9.86. The Kier molecular flexibility index (Phi) is 4.39. The quantitative estimate of drug-likeness (QED) is 0.485. The molecule has 0 unspecified atom stereocenters. The van der Waals surface area contributed by atoms with Crippen LogP contribution in [0, 0.1) is 0 Å². The average Bonchev–Trinajstić information content (AvgIpc) is 3.46. The summed E-state index contributed by atoms with van der Waals surface area (Å²) < 4.78 is 46.2. The average molecular weight is 442 g/mol. The van der Waals surface area contributed by atoms with Crippen LogP contribution in [0.1, 0.15) is 29.7 Å². The molecular formula is C22H21F3N6O. The minimum atomic E-state index is -4.51. The number of morpholine rings is 1. The molecule has 2 aliphatic rings. The Morgan fingerprint density at radius 3 is 2.56 bits per heavy atom. The van der Waals surface area contributed by atoms with Gasteiger partial charge in [-0.15, -0.1) is 0 Å². The Morgan fingerprint density at radius 2 is 1.78 bits per heavy atom. The molecule has 6 rings (SSSR count). The number of H-pyrrole nitrogens is 2. The molecule has 7 nitrogen and oxygen atoms in total. The third-order valence-electron chi connectivity index (χ3n) is 6.41. The molecule has 1 fully saturated rings. The minimum absolute atomic E-state index is 0.0558. The van der Waals surface area contributed by atoms with Crippen LogP contribution in [0.2, 0.25) is 0 Å². The van der Waals surface area contributed by atoms with Gasteiger partial charge in [0.25, 0.3) is 0 Å². The number of ether oxygens (including phenoxy) is 1. The molecule has 166 valence electrons. The summed E-state index contributed by atoms with van der Waals surface area (Å²) in [7, 11) is 0. The maximum atomic E-state index is 13.6. The number of hydrogen-bond donors (Lipinski definition) is 2. The Hall–Kier alpha value is -3.14. The summed E-state index contributed by atoms with van der Waals surface area (Å²) in [4.78, 5) is 15.0. The maximum absolute atomic E-state index is 13.6. The van der Waals surface area contributed by atoms with Crippen molar-refractivity contribution in [2.24, 2.45) is 0 Å². The van der Waals surface area contributed by atoms with Crippen LogP contribution < -0.4 is 4.90 Å². The van der Waals surface area contributed by atoms with Crippen molar-refractivity contribution < 1.29 is 17.9 Å². The van der Waals surface area contributed by atoms with Crippen LogP contribution in [0.15, 0.2) is 18.3 Å². The molecule has 4 heterocycles. The van der Waals surface area contributed by atoms with Crippen molar-refractivity contribution in [3.63, 3.8) is 0 Å². The molecule has 32 heavy (non-hydrogen) atoms. The first-order chi connectivity index (χ1) is 15.5. The number of benzene rings is 1. The largest absolute Gasteiger partial charge is 0.433 e. The SMILES string of the molecule is FC(F)(F)c1[nH]ncc1-c1[nH]c2ccc3nc(N4CCOCC4)nc3c2c2c1CCCC2. The number of rotatable bonds is 2. The number of alkyl halides is 3. The molecule has 0 spiro atoms. The summed E-state index contributed by atoms with van der Waals surface area (Å²) in [5.74, 6) is 0.679. The van der Waals surface area contributed by atoms with Crippen molar-refractivity contribution in [3.05, 3.63) is 35.2 Å². The summed E-state index contributed by atoms with van der Waals surface area (Å²) in [6.07, 6.45) is 0.174. The molecular weight excluding hydrogens is 421 g/mol. The zero-order valence-corrected chi connectivity index (χ0v) is 17.2. The second kappa shape index (κ2) is 7.19. The van der Waals surface area contributed by atoms with E-state index < -0.39 is 11.9 Å². The predicted octanol–water partition coefficient (Wildman–Crippen LogP) is 4.24. The molecule has 10 heteroatoms. The first kappa shape index (κ1) is 19.5. The lowest BCUT2D eigenvalue weighted by molar-refractivity contribution is -0.140. The van der Waals surface area contributed by atoms with Gasteiger partial charge in [-0.2, -0.15) is 18.3 Å². The first-order valence-corrected chi connectivity index (χ1v) is 10.8. The smallest absolute Gasteiger partial charge is 0.378 e. The number of nitrogens with one attached hydrogen (secondary N) is 2. The van der Waals surface area contributed by atoms with Crippen LogP contribution in [-0.2, 0) is 23.8 Å². The molecule has 3 aromatic heterocycles. The van der Waals surface area contributed by atoms with E-state index in [2.05, 4.69) is 20.1 Å². The van der Waals surface area contributed by atoms with Crippen LogP contribution in [0.3, 0.4) is 0 Å². The molecule has 1 aliphatic heterocycles. The van der Waals surface area contributed by atoms with Gasteiger partial charge in [-0.05, 0) is 48.9 Å². The molecule has 0 atom stereocenters. The van der Waals surface area contributed by atoms with Gasteiger partial charge in [0.2, 0.25) is 5.95 Å². The molecule has 1 aliphatic carbocycles. The van der Waals surface area contributed by atoms with E-state index in [9.17, 15) is 13.2 Å². The number of nitrogens with zero attached hydrogens (tertiary/aromatic N) is 4. The number of aromatic amines is 2. The number of aromatic nitrogens is 5. The van der Waals surface area contributed by atoms with Crippen molar-refractivity contribution in [2.75, 3.05) is 31.2 Å². The van der Waals surface area contributed by atoms with E-state index in [1.54, 1.807) is 0 Å². The van der Waals surface area contributed by atoms with Crippen LogP contribution in [0.25, 0.3) is 33.2 Å². The fourth-order valence-electron chi connectivity index (χ4n) is 4.92. The normalized spacial score (nSPS) is 17.3. The van der Waals surface area contributed by atoms with Crippen molar-refractivity contribution >= 4 is 27.9 Å². The predicted molar refractivity (Wildman–Crippen MR) is 114 cm³/mol. The molecule has 0 saturated carbocycles. The zero-order valence-electron chi connectivity index (χ0n) is 17.2. The van der Waals surface area contributed by atoms with Crippen molar-refractivity contribution in [2.45, 2.75) is 31.9 Å². The highest BCUT2D eigenvalue weighted by atomic mass is 19.4. The van der Waals surface area contributed by atoms with Gasteiger partial charge in [-0.1, -0.05) is 0 Å². The van der Waals surface area contributed by atoms with E-state index in [-0.39, 0.29) is 5.56 Å². The standard InChI is InChI=1S/C22H21F3N6O/c23-22(24,25)20-14(11-26-30-20)18-13-4-2-1-3-12(13)17-15(27-18)5-6-16-19(17)29-21(28-16)31-7-9-32-10-8-31/h5-6,11,27H,1-4,7-10H2,(H,26,30). The van der Waals surface area contributed by atoms with Crippen molar-refractivity contribution in [3.8, 4) is 11.3 Å². The maximum Gasteiger partial charge on any atom is 0.433 e. The highest BCUT2D eigenvalue weighted by Crippen LogP contribution is 2.41. The van der Waals surface area contributed by atoms with Gasteiger partial charge in [-0.25, -0.2) is 9.97 Å². The minimum Gasteiger partial charge on any atom is -0.378 e. The second-order valence-electron chi connectivity index (χ2n) is 8.30. The van der Waals surface area contributed by atoms with Crippen LogP contribution >= 0.6 is 0 Å². The number of aryl methyl sites for hydroxylation is 1. The van der Waals surface area contributed by atoms with E-state index in [0.29, 0.717) is 31.3 Å². The zero-order chi connectivity index (χ0) is 21.9. The van der Waals surface area contributed by atoms with E-state index in [1.165, 1.54) is 6.20 Å². The van der Waals surface area contributed by atoms with E-state index >= 15 is 0 Å². The monoisotopic (exact) mass is 442 g/mol. The Balaban J connectivity index is 1.59. The number of halogens is 3. The fraction of sp³-hybridized carbons (Fsp3) is 0.409. The van der Waals surface area contributed by atoms with Gasteiger partial charge in [0.15, 0.2) is 0 Å². The number of pyridine rings is 1. The summed E-state index contributed by atoms with van der Waals surface area (Å²) in [6, 6.07) is 3.77. The van der Waals surface area contributed by atoms with Gasteiger partial charge in [-0.3, -0.25) is 5.10 Å². The van der Waals surface area contributed by atoms with Gasteiger partial charge < -0.3 is 14.6 Å². The highest BCUT2D eigenvalue weighted by molar-refractivity contribution is 6.06. The van der Waals surface area contributed by atoms with Gasteiger partial charge in [0, 0.05) is 29.6 Å². The fourth-order valence-corrected chi connectivity index (χ4v) is 4.92. The molecule has 0 radical (unpaired) electrons. The third kappa shape index (κ3) is 3.04. The molecule has 1 aromatic carbocycles. The van der Waals surface area contributed by atoms with Crippen molar-refractivity contribution in [1.29, 1.82) is 0 Å². The van der Waals surface area contributed by atoms with E-state index in [4.69, 9.17) is 14.7 Å². The number of anilines is 1. The van der Waals surface area contributed by atoms with Crippen LogP contribution in [0.5, 0.6) is 0 Å². The van der Waals surface area contributed by atoms with Gasteiger partial charge in [0.1, 0.15) is 11.2 Å². The topological polar surface area (TPSA) is 82.7 Å². The highest BCUT2D eigenvalue weighted by Gasteiger charge is 2.37. The first-order valence-electron chi connectivity index (χ1n) is 10.8. The van der Waals surface area contributed by atoms with Crippen molar-refractivity contribution in [1.82, 2.24) is 25.1 Å². The lowest BCUT2D eigenvalue weighted by Gasteiger charge is -2.25. The second-order valence-corrected chi connectivity index (χ2v) is 8.30. The Morgan fingerprint density at radius 1 is 1.00 bits per heavy atom. The number of imidazole rings is 1. The molecule has 1 saturated heterocycles. The molecule has 0 bridgehead atoms. The summed E-state index contributed by atoms with van der Waals surface area (Å²) in [6.45, 7) is 2.77. The molecule has 2 N–H and O–H groups in total. The van der Waals surface area contributed by atoms with Crippen LogP contribution in [-0.4, -0.2) is 51.5 Å². The van der Waals surface area contributed by atoms with Gasteiger partial charge >= 0.3 is 6.18 Å². The Bertz CT molecular complexity index is 1320. The Labute approximate surface area is 181 Å². The van der Waals surface area contributed by atoms with Gasteiger partial charge in [0.05, 0.1) is 30.6 Å².